The lowest BCUT2D eigenvalue weighted by Gasteiger charge is -2.31. The molecule has 0 fully saturated rings. The Morgan fingerprint density at radius 2 is 1.88 bits per heavy atom. The fourth-order valence-electron chi connectivity index (χ4n) is 2.00. The third kappa shape index (κ3) is 5.49. The van der Waals surface area contributed by atoms with Gasteiger partial charge in [-0.1, -0.05) is 27.2 Å². The van der Waals surface area contributed by atoms with Gasteiger partial charge in [-0.3, -0.25) is 4.79 Å². The van der Waals surface area contributed by atoms with Crippen LogP contribution in [0.1, 0.15) is 40.0 Å². The number of carbonyl (C=O) groups is 1. The van der Waals surface area contributed by atoms with Crippen LogP contribution in [0.5, 0.6) is 0 Å². The first-order chi connectivity index (χ1) is 7.10. The van der Waals surface area contributed by atoms with Crippen LogP contribution in [0, 0.1) is 11.3 Å². The number of carboxylic acids is 1. The minimum Gasteiger partial charge on any atom is -0.481 e. The standard InChI is InChI=1S/C11H22O4S/c1-5-7-11(2,3)9(10(12)13)6-8-16(4,14)15/h9H,5-8H2,1-4H3,(H,12,13). The summed E-state index contributed by atoms with van der Waals surface area (Å²) in [6, 6.07) is 0. The largest absolute Gasteiger partial charge is 0.481 e. The zero-order chi connectivity index (χ0) is 13.0. The fourth-order valence-corrected chi connectivity index (χ4v) is 2.66. The van der Waals surface area contributed by atoms with Crippen molar-refractivity contribution in [3.8, 4) is 0 Å². The van der Waals surface area contributed by atoms with E-state index >= 15 is 0 Å². The topological polar surface area (TPSA) is 71.4 Å². The molecule has 0 spiro atoms. The molecule has 1 atom stereocenters. The Labute approximate surface area is 98.0 Å². The summed E-state index contributed by atoms with van der Waals surface area (Å²) in [6.45, 7) is 5.77. The Morgan fingerprint density at radius 1 is 1.38 bits per heavy atom. The molecule has 0 aromatic rings. The number of hydrogen-bond donors (Lipinski definition) is 1. The van der Waals surface area contributed by atoms with Crippen LogP contribution in [0.15, 0.2) is 0 Å². The summed E-state index contributed by atoms with van der Waals surface area (Å²) < 4.78 is 22.1. The maximum Gasteiger partial charge on any atom is 0.307 e. The maximum atomic E-state index is 11.1. The van der Waals surface area contributed by atoms with Crippen LogP contribution in [0.2, 0.25) is 0 Å². The molecule has 0 saturated heterocycles. The molecule has 1 N–H and O–H groups in total. The van der Waals surface area contributed by atoms with Gasteiger partial charge in [-0.2, -0.15) is 0 Å². The summed E-state index contributed by atoms with van der Waals surface area (Å²) in [5.74, 6) is -1.55. The van der Waals surface area contributed by atoms with E-state index in [9.17, 15) is 13.2 Å². The molecule has 0 amide bonds. The molecule has 0 aliphatic heterocycles. The Kier molecular flexibility index (Phi) is 5.46. The quantitative estimate of drug-likeness (QED) is 0.749. The highest BCUT2D eigenvalue weighted by Crippen LogP contribution is 2.34. The van der Waals surface area contributed by atoms with Gasteiger partial charge in [-0.25, -0.2) is 8.42 Å². The molecule has 16 heavy (non-hydrogen) atoms. The van der Waals surface area contributed by atoms with Gasteiger partial charge < -0.3 is 5.11 Å². The summed E-state index contributed by atoms with van der Waals surface area (Å²) in [5.41, 5.74) is -0.356. The Morgan fingerprint density at radius 3 is 2.19 bits per heavy atom. The first-order valence-corrected chi connectivity index (χ1v) is 7.56. The van der Waals surface area contributed by atoms with E-state index in [4.69, 9.17) is 5.11 Å². The van der Waals surface area contributed by atoms with E-state index in [1.807, 2.05) is 20.8 Å². The first-order valence-electron chi connectivity index (χ1n) is 5.50. The van der Waals surface area contributed by atoms with Gasteiger partial charge in [-0.15, -0.1) is 0 Å². The lowest BCUT2D eigenvalue weighted by atomic mass is 9.74. The maximum absolute atomic E-state index is 11.1. The Hall–Kier alpha value is -0.580. The highest BCUT2D eigenvalue weighted by Gasteiger charge is 2.34. The van der Waals surface area contributed by atoms with E-state index in [0.717, 1.165) is 19.1 Å². The molecule has 0 aromatic heterocycles. The normalized spacial score (nSPS) is 14.8. The molecule has 0 bridgehead atoms. The van der Waals surface area contributed by atoms with E-state index in [-0.39, 0.29) is 17.6 Å². The second kappa shape index (κ2) is 5.66. The predicted molar refractivity (Wildman–Crippen MR) is 64.1 cm³/mol. The van der Waals surface area contributed by atoms with Gasteiger partial charge in [0.1, 0.15) is 9.84 Å². The van der Waals surface area contributed by atoms with Crippen molar-refractivity contribution in [1.82, 2.24) is 0 Å². The summed E-state index contributed by atoms with van der Waals surface area (Å²) in [4.78, 5) is 11.1. The Balaban J connectivity index is 4.69. The predicted octanol–water partition coefficient (Wildman–Crippen LogP) is 1.95. The fraction of sp³-hybridized carbons (Fsp3) is 0.909. The lowest BCUT2D eigenvalue weighted by molar-refractivity contribution is -0.146. The number of carboxylic acid groups (broad SMARTS) is 1. The van der Waals surface area contributed by atoms with Crippen molar-refractivity contribution in [1.29, 1.82) is 0 Å². The van der Waals surface area contributed by atoms with Crippen LogP contribution >= 0.6 is 0 Å². The average Bonchev–Trinajstić information content (AvgIpc) is 1.99. The molecular formula is C11H22O4S. The lowest BCUT2D eigenvalue weighted by Crippen LogP contribution is -2.32. The second-order valence-electron chi connectivity index (χ2n) is 5.05. The van der Waals surface area contributed by atoms with E-state index in [0.29, 0.717) is 0 Å². The second-order valence-corrected chi connectivity index (χ2v) is 7.31. The molecule has 0 aromatic carbocycles. The Bertz CT molecular complexity index is 330. The highest BCUT2D eigenvalue weighted by molar-refractivity contribution is 7.90. The third-order valence-electron chi connectivity index (χ3n) is 2.91. The van der Waals surface area contributed by atoms with Gasteiger partial charge in [0.05, 0.1) is 11.7 Å². The van der Waals surface area contributed by atoms with Gasteiger partial charge in [0.2, 0.25) is 0 Å². The highest BCUT2D eigenvalue weighted by atomic mass is 32.2. The number of aliphatic carboxylic acids is 1. The summed E-state index contributed by atoms with van der Waals surface area (Å²) in [6.07, 6.45) is 3.02. The van der Waals surface area contributed by atoms with Crippen molar-refractivity contribution in [2.24, 2.45) is 11.3 Å². The minimum atomic E-state index is -3.09. The SMILES string of the molecule is CCCC(C)(C)C(CCS(C)(=O)=O)C(=O)O. The third-order valence-corrected chi connectivity index (χ3v) is 3.89. The van der Waals surface area contributed by atoms with Crippen molar-refractivity contribution in [2.45, 2.75) is 40.0 Å². The van der Waals surface area contributed by atoms with E-state index in [1.54, 1.807) is 0 Å². The van der Waals surface area contributed by atoms with Crippen molar-refractivity contribution < 1.29 is 18.3 Å². The smallest absolute Gasteiger partial charge is 0.307 e. The van der Waals surface area contributed by atoms with E-state index in [1.165, 1.54) is 0 Å². The van der Waals surface area contributed by atoms with Crippen molar-refractivity contribution in [3.05, 3.63) is 0 Å². The molecule has 1 unspecified atom stereocenters. The van der Waals surface area contributed by atoms with Crippen LogP contribution in [0.4, 0.5) is 0 Å². The molecule has 96 valence electrons. The van der Waals surface area contributed by atoms with Crippen LogP contribution in [-0.4, -0.2) is 31.5 Å². The van der Waals surface area contributed by atoms with Crippen LogP contribution in [-0.2, 0) is 14.6 Å². The van der Waals surface area contributed by atoms with Gasteiger partial charge in [0, 0.05) is 6.26 Å². The first kappa shape index (κ1) is 15.4. The molecule has 0 rings (SSSR count). The molecule has 0 radical (unpaired) electrons. The van der Waals surface area contributed by atoms with Gasteiger partial charge in [0.25, 0.3) is 0 Å². The van der Waals surface area contributed by atoms with Gasteiger partial charge in [0.15, 0.2) is 0 Å². The average molecular weight is 250 g/mol. The van der Waals surface area contributed by atoms with E-state index in [2.05, 4.69) is 0 Å². The molecule has 0 heterocycles. The summed E-state index contributed by atoms with van der Waals surface area (Å²) in [5, 5.41) is 9.14. The number of rotatable bonds is 7. The molecule has 4 nitrogen and oxygen atoms in total. The monoisotopic (exact) mass is 250 g/mol. The van der Waals surface area contributed by atoms with Crippen molar-refractivity contribution in [3.63, 3.8) is 0 Å². The van der Waals surface area contributed by atoms with Gasteiger partial charge in [-0.05, 0) is 18.3 Å². The molecular weight excluding hydrogens is 228 g/mol. The number of hydrogen-bond acceptors (Lipinski definition) is 3. The van der Waals surface area contributed by atoms with Crippen molar-refractivity contribution >= 4 is 15.8 Å². The van der Waals surface area contributed by atoms with Crippen LogP contribution in [0.3, 0.4) is 0 Å². The molecule has 5 heteroatoms. The van der Waals surface area contributed by atoms with Crippen LogP contribution in [0.25, 0.3) is 0 Å². The number of sulfone groups is 1. The molecule has 0 saturated carbocycles. The molecule has 0 aliphatic rings. The van der Waals surface area contributed by atoms with Gasteiger partial charge >= 0.3 is 5.97 Å². The zero-order valence-corrected chi connectivity index (χ0v) is 11.3. The zero-order valence-electron chi connectivity index (χ0n) is 10.5. The van der Waals surface area contributed by atoms with Crippen LogP contribution < -0.4 is 0 Å². The minimum absolute atomic E-state index is 0.0584. The summed E-state index contributed by atoms with van der Waals surface area (Å²) in [7, 11) is -3.09. The van der Waals surface area contributed by atoms with E-state index < -0.39 is 21.7 Å². The van der Waals surface area contributed by atoms with Crippen molar-refractivity contribution in [2.75, 3.05) is 12.0 Å². The summed E-state index contributed by atoms with van der Waals surface area (Å²) >= 11 is 0. The molecule has 0 aliphatic carbocycles.